The first-order valence-electron chi connectivity index (χ1n) is 10.7. The second-order valence-electron chi connectivity index (χ2n) is 7.83. The summed E-state index contributed by atoms with van der Waals surface area (Å²) in [5.74, 6) is 1.33. The molecule has 2 aliphatic heterocycles. The molecule has 2 heterocycles. The quantitative estimate of drug-likeness (QED) is 0.368. The summed E-state index contributed by atoms with van der Waals surface area (Å²) >= 11 is 6.69. The van der Waals surface area contributed by atoms with Crippen LogP contribution in [0, 0.1) is 6.92 Å². The van der Waals surface area contributed by atoms with E-state index in [1.807, 2.05) is 43.3 Å². The molecule has 9 heteroatoms. The number of ether oxygens (including phenoxy) is 3. The first-order chi connectivity index (χ1) is 17.0. The average Bonchev–Trinajstić information content (AvgIpc) is 3.43. The van der Waals surface area contributed by atoms with Crippen molar-refractivity contribution in [3.8, 4) is 17.2 Å². The lowest BCUT2D eigenvalue weighted by Gasteiger charge is -2.14. The van der Waals surface area contributed by atoms with Gasteiger partial charge in [0.1, 0.15) is 5.75 Å². The van der Waals surface area contributed by atoms with Crippen LogP contribution < -0.4 is 24.4 Å². The molecule has 1 fully saturated rings. The molecular weight excluding hydrogens is 484 g/mol. The molecule has 1 N–H and O–H groups in total. The standard InChI is InChI=1S/C26H20N2O5S2/c1-16-2-6-18(7-3-16)27-24(29)14-31-20-9-4-17(5-10-20)12-23-25(30)28(26(34)35-23)19-8-11-21-22(13-19)33-15-32-21/h2-13H,14-15H2,1H3,(H,27,29)/b23-12+. The summed E-state index contributed by atoms with van der Waals surface area (Å²) < 4.78 is 16.8. The molecule has 35 heavy (non-hydrogen) atoms. The Bertz CT molecular complexity index is 1340. The number of hydrogen-bond donors (Lipinski definition) is 1. The molecule has 0 radical (unpaired) electrons. The van der Waals surface area contributed by atoms with Crippen LogP contribution in [0.5, 0.6) is 17.2 Å². The number of carbonyl (C=O) groups is 2. The second kappa shape index (κ2) is 9.81. The number of fused-ring (bicyclic) bond motifs is 1. The van der Waals surface area contributed by atoms with Crippen LogP contribution in [0.15, 0.2) is 71.6 Å². The minimum Gasteiger partial charge on any atom is -0.484 e. The largest absolute Gasteiger partial charge is 0.484 e. The number of aryl methyl sites for hydroxylation is 1. The van der Waals surface area contributed by atoms with Gasteiger partial charge >= 0.3 is 0 Å². The van der Waals surface area contributed by atoms with E-state index in [4.69, 9.17) is 26.4 Å². The van der Waals surface area contributed by atoms with Crippen molar-refractivity contribution < 1.29 is 23.8 Å². The molecule has 1 saturated heterocycles. The normalized spacial score (nSPS) is 15.6. The van der Waals surface area contributed by atoms with Crippen LogP contribution >= 0.6 is 24.0 Å². The van der Waals surface area contributed by atoms with Crippen molar-refractivity contribution in [2.45, 2.75) is 6.92 Å². The van der Waals surface area contributed by atoms with Crippen molar-refractivity contribution in [3.05, 3.63) is 82.8 Å². The van der Waals surface area contributed by atoms with E-state index in [0.29, 0.717) is 32.2 Å². The van der Waals surface area contributed by atoms with E-state index in [1.54, 1.807) is 36.4 Å². The third-order valence-corrected chi connectivity index (χ3v) is 6.59. The number of amides is 2. The zero-order valence-corrected chi connectivity index (χ0v) is 20.3. The number of rotatable bonds is 6. The van der Waals surface area contributed by atoms with Crippen LogP contribution in [0.25, 0.3) is 6.08 Å². The zero-order chi connectivity index (χ0) is 24.4. The lowest BCUT2D eigenvalue weighted by atomic mass is 10.2. The lowest BCUT2D eigenvalue weighted by Crippen LogP contribution is -2.27. The monoisotopic (exact) mass is 504 g/mol. The van der Waals surface area contributed by atoms with Gasteiger partial charge in [-0.25, -0.2) is 0 Å². The minimum absolute atomic E-state index is 0.110. The summed E-state index contributed by atoms with van der Waals surface area (Å²) in [6, 6.07) is 20.0. The van der Waals surface area contributed by atoms with Crippen molar-refractivity contribution in [3.63, 3.8) is 0 Å². The number of thioether (sulfide) groups is 1. The Morgan fingerprint density at radius 2 is 1.83 bits per heavy atom. The molecule has 2 amide bonds. The molecule has 0 spiro atoms. The third-order valence-electron chi connectivity index (χ3n) is 5.29. The maximum absolute atomic E-state index is 13.0. The van der Waals surface area contributed by atoms with Gasteiger partial charge in [-0.3, -0.25) is 14.5 Å². The number of carbonyl (C=O) groups excluding carboxylic acids is 2. The fraction of sp³-hybridized carbons (Fsp3) is 0.115. The van der Waals surface area contributed by atoms with Gasteiger partial charge in [0.25, 0.3) is 11.8 Å². The van der Waals surface area contributed by atoms with E-state index in [9.17, 15) is 9.59 Å². The number of anilines is 2. The van der Waals surface area contributed by atoms with Gasteiger partial charge in [-0.2, -0.15) is 0 Å². The molecule has 0 saturated carbocycles. The highest BCUT2D eigenvalue weighted by atomic mass is 32.2. The predicted octanol–water partition coefficient (Wildman–Crippen LogP) is 5.15. The molecule has 176 valence electrons. The van der Waals surface area contributed by atoms with E-state index in [2.05, 4.69) is 5.32 Å². The second-order valence-corrected chi connectivity index (χ2v) is 9.50. The SMILES string of the molecule is Cc1ccc(NC(=O)COc2ccc(/C=C3/SC(=S)N(c4ccc5c(c4)OCO5)C3=O)cc2)cc1. The van der Waals surface area contributed by atoms with Gasteiger partial charge in [0.15, 0.2) is 22.4 Å². The van der Waals surface area contributed by atoms with Crippen LogP contribution in [-0.2, 0) is 9.59 Å². The number of nitrogens with zero attached hydrogens (tertiary/aromatic N) is 1. The van der Waals surface area contributed by atoms with Gasteiger partial charge in [-0.15, -0.1) is 0 Å². The molecule has 5 rings (SSSR count). The van der Waals surface area contributed by atoms with Crippen LogP contribution in [0.3, 0.4) is 0 Å². The fourth-order valence-corrected chi connectivity index (χ4v) is 4.81. The van der Waals surface area contributed by atoms with Gasteiger partial charge in [-0.05, 0) is 55.0 Å². The average molecular weight is 505 g/mol. The Balaban J connectivity index is 1.21. The molecule has 0 unspecified atom stereocenters. The van der Waals surface area contributed by atoms with Gasteiger partial charge < -0.3 is 19.5 Å². The van der Waals surface area contributed by atoms with E-state index >= 15 is 0 Å². The van der Waals surface area contributed by atoms with E-state index in [0.717, 1.165) is 16.8 Å². The van der Waals surface area contributed by atoms with Gasteiger partial charge in [0.2, 0.25) is 6.79 Å². The summed E-state index contributed by atoms with van der Waals surface area (Å²) in [5, 5.41) is 2.79. The molecule has 0 atom stereocenters. The molecule has 3 aromatic carbocycles. The van der Waals surface area contributed by atoms with Crippen LogP contribution in [-0.4, -0.2) is 29.5 Å². The fourth-order valence-electron chi connectivity index (χ4n) is 3.51. The summed E-state index contributed by atoms with van der Waals surface area (Å²) in [6.45, 7) is 2.04. The molecule has 7 nitrogen and oxygen atoms in total. The summed E-state index contributed by atoms with van der Waals surface area (Å²) in [4.78, 5) is 27.2. The number of benzene rings is 3. The van der Waals surface area contributed by atoms with E-state index < -0.39 is 0 Å². The van der Waals surface area contributed by atoms with Crippen molar-refractivity contribution in [2.75, 3.05) is 23.6 Å². The van der Waals surface area contributed by atoms with E-state index in [-0.39, 0.29) is 25.2 Å². The van der Waals surface area contributed by atoms with Gasteiger partial charge in [0, 0.05) is 11.8 Å². The van der Waals surface area contributed by atoms with Crippen LogP contribution in [0.1, 0.15) is 11.1 Å². The van der Waals surface area contributed by atoms with Crippen molar-refractivity contribution in [2.24, 2.45) is 0 Å². The van der Waals surface area contributed by atoms with E-state index in [1.165, 1.54) is 16.7 Å². The Labute approximate surface area is 211 Å². The summed E-state index contributed by atoms with van der Waals surface area (Å²) in [5.41, 5.74) is 3.28. The van der Waals surface area contributed by atoms with Crippen LogP contribution in [0.4, 0.5) is 11.4 Å². The molecule has 3 aromatic rings. The summed E-state index contributed by atoms with van der Waals surface area (Å²) in [6.07, 6.45) is 1.78. The van der Waals surface area contributed by atoms with Crippen LogP contribution in [0.2, 0.25) is 0 Å². The van der Waals surface area contributed by atoms with Gasteiger partial charge in [-0.1, -0.05) is 53.8 Å². The number of nitrogens with one attached hydrogen (secondary N) is 1. The molecule has 0 bridgehead atoms. The maximum atomic E-state index is 13.0. The smallest absolute Gasteiger partial charge is 0.270 e. The van der Waals surface area contributed by atoms with Crippen molar-refractivity contribution in [1.29, 1.82) is 0 Å². The van der Waals surface area contributed by atoms with Crippen molar-refractivity contribution in [1.82, 2.24) is 0 Å². The van der Waals surface area contributed by atoms with Crippen molar-refractivity contribution >= 4 is 57.6 Å². The highest BCUT2D eigenvalue weighted by molar-refractivity contribution is 8.27. The Hall–Kier alpha value is -3.82. The summed E-state index contributed by atoms with van der Waals surface area (Å²) in [7, 11) is 0. The highest BCUT2D eigenvalue weighted by Gasteiger charge is 2.34. The highest BCUT2D eigenvalue weighted by Crippen LogP contribution is 2.40. The first-order valence-corrected chi connectivity index (χ1v) is 12.0. The number of thiocarbonyl (C=S) groups is 1. The Morgan fingerprint density at radius 1 is 1.09 bits per heavy atom. The first kappa shape index (κ1) is 22.9. The zero-order valence-electron chi connectivity index (χ0n) is 18.6. The maximum Gasteiger partial charge on any atom is 0.270 e. The molecule has 0 aliphatic carbocycles. The third kappa shape index (κ3) is 5.16. The minimum atomic E-state index is -0.245. The molecular formula is C26H20N2O5S2. The van der Waals surface area contributed by atoms with Gasteiger partial charge in [0.05, 0.1) is 10.6 Å². The molecule has 0 aromatic heterocycles. The predicted molar refractivity (Wildman–Crippen MR) is 140 cm³/mol. The topological polar surface area (TPSA) is 77.1 Å². The Kier molecular flexibility index (Phi) is 6.43. The molecule has 2 aliphatic rings. The number of hydrogen-bond acceptors (Lipinski definition) is 7. The Morgan fingerprint density at radius 3 is 2.60 bits per heavy atom. The lowest BCUT2D eigenvalue weighted by molar-refractivity contribution is -0.118.